The zero-order valence-corrected chi connectivity index (χ0v) is 9.55. The molecule has 0 saturated carbocycles. The molecule has 1 aliphatic rings. The van der Waals surface area contributed by atoms with Gasteiger partial charge in [0, 0.05) is 12.6 Å². The van der Waals surface area contributed by atoms with Crippen LogP contribution in [0.3, 0.4) is 0 Å². The largest absolute Gasteiger partial charge is 0.387 e. The third-order valence-electron chi connectivity index (χ3n) is 3.21. The molecule has 3 N–H and O–H groups in total. The average Bonchev–Trinajstić information content (AvgIpc) is 2.82. The Balaban J connectivity index is 1.91. The molecule has 0 unspecified atom stereocenters. The Morgan fingerprint density at radius 1 is 1.19 bits per heavy atom. The van der Waals surface area contributed by atoms with Gasteiger partial charge in [-0.05, 0) is 31.5 Å². The topological polar surface area (TPSA) is 49.5 Å². The van der Waals surface area contributed by atoms with E-state index in [9.17, 15) is 5.11 Å². The van der Waals surface area contributed by atoms with Crippen molar-refractivity contribution in [3.8, 4) is 0 Å². The first-order chi connectivity index (χ1) is 7.77. The van der Waals surface area contributed by atoms with E-state index in [4.69, 9.17) is 5.73 Å². The highest BCUT2D eigenvalue weighted by atomic mass is 16.3. The molecule has 0 spiro atoms. The van der Waals surface area contributed by atoms with E-state index in [0.29, 0.717) is 0 Å². The van der Waals surface area contributed by atoms with Crippen LogP contribution in [-0.2, 0) is 0 Å². The van der Waals surface area contributed by atoms with Crippen molar-refractivity contribution in [3.05, 3.63) is 35.9 Å². The zero-order chi connectivity index (χ0) is 11.4. The standard InChI is InChI=1S/C13H20N2O/c14-12(10-15-8-4-5-9-15)13(16)11-6-2-1-3-7-11/h1-3,6-7,12-13,16H,4-5,8-10,14H2/t12-,13-/m0/s1. The summed E-state index contributed by atoms with van der Waals surface area (Å²) in [4.78, 5) is 2.33. The molecular formula is C13H20N2O. The van der Waals surface area contributed by atoms with Gasteiger partial charge in [-0.2, -0.15) is 0 Å². The molecule has 0 radical (unpaired) electrons. The molecule has 2 rings (SSSR count). The predicted molar refractivity (Wildman–Crippen MR) is 65.1 cm³/mol. The van der Waals surface area contributed by atoms with E-state index >= 15 is 0 Å². The molecule has 1 fully saturated rings. The number of nitrogens with zero attached hydrogens (tertiary/aromatic N) is 1. The minimum Gasteiger partial charge on any atom is -0.387 e. The molecule has 3 nitrogen and oxygen atoms in total. The van der Waals surface area contributed by atoms with E-state index in [0.717, 1.165) is 25.2 Å². The minimum absolute atomic E-state index is 0.194. The van der Waals surface area contributed by atoms with Crippen LogP contribution in [0.5, 0.6) is 0 Å². The Hall–Kier alpha value is -0.900. The Morgan fingerprint density at radius 2 is 1.81 bits per heavy atom. The van der Waals surface area contributed by atoms with Crippen LogP contribution in [0.1, 0.15) is 24.5 Å². The Morgan fingerprint density at radius 3 is 2.44 bits per heavy atom. The van der Waals surface area contributed by atoms with E-state index in [-0.39, 0.29) is 6.04 Å². The molecule has 0 aliphatic carbocycles. The van der Waals surface area contributed by atoms with E-state index in [1.807, 2.05) is 30.3 Å². The minimum atomic E-state index is -0.554. The summed E-state index contributed by atoms with van der Waals surface area (Å²) in [7, 11) is 0. The van der Waals surface area contributed by atoms with Crippen molar-refractivity contribution < 1.29 is 5.11 Å². The highest BCUT2D eigenvalue weighted by Gasteiger charge is 2.21. The monoisotopic (exact) mass is 220 g/mol. The summed E-state index contributed by atoms with van der Waals surface area (Å²) in [5.74, 6) is 0. The molecule has 0 aromatic heterocycles. The van der Waals surface area contributed by atoms with Crippen LogP contribution >= 0.6 is 0 Å². The zero-order valence-electron chi connectivity index (χ0n) is 9.55. The van der Waals surface area contributed by atoms with Gasteiger partial charge < -0.3 is 15.7 Å². The summed E-state index contributed by atoms with van der Waals surface area (Å²) in [6, 6.07) is 9.47. The number of benzene rings is 1. The first kappa shape index (κ1) is 11.6. The van der Waals surface area contributed by atoms with Gasteiger partial charge in [0.05, 0.1) is 6.10 Å². The van der Waals surface area contributed by atoms with E-state index in [1.165, 1.54) is 12.8 Å². The first-order valence-corrected chi connectivity index (χ1v) is 5.98. The Kier molecular flexibility index (Phi) is 3.93. The molecule has 1 saturated heterocycles. The van der Waals surface area contributed by atoms with Crippen molar-refractivity contribution in [2.45, 2.75) is 25.0 Å². The number of rotatable bonds is 4. The van der Waals surface area contributed by atoms with Crippen molar-refractivity contribution in [3.63, 3.8) is 0 Å². The molecule has 0 bridgehead atoms. The molecule has 1 heterocycles. The number of aliphatic hydroxyl groups is 1. The molecule has 16 heavy (non-hydrogen) atoms. The fourth-order valence-corrected chi connectivity index (χ4v) is 2.26. The van der Waals surface area contributed by atoms with Gasteiger partial charge in [-0.1, -0.05) is 30.3 Å². The van der Waals surface area contributed by atoms with Crippen molar-refractivity contribution in [2.24, 2.45) is 5.73 Å². The number of nitrogens with two attached hydrogens (primary N) is 1. The van der Waals surface area contributed by atoms with Crippen molar-refractivity contribution >= 4 is 0 Å². The fourth-order valence-electron chi connectivity index (χ4n) is 2.26. The van der Waals surface area contributed by atoms with Gasteiger partial charge in [-0.3, -0.25) is 0 Å². The second kappa shape index (κ2) is 5.43. The van der Waals surface area contributed by atoms with Gasteiger partial charge in [0.25, 0.3) is 0 Å². The highest BCUT2D eigenvalue weighted by Crippen LogP contribution is 2.17. The summed E-state index contributed by atoms with van der Waals surface area (Å²) in [5, 5.41) is 10.1. The maximum atomic E-state index is 10.1. The second-order valence-electron chi connectivity index (χ2n) is 4.53. The van der Waals surface area contributed by atoms with Gasteiger partial charge in [-0.25, -0.2) is 0 Å². The maximum Gasteiger partial charge on any atom is 0.0953 e. The molecule has 1 aromatic carbocycles. The molecule has 1 aromatic rings. The molecule has 3 heteroatoms. The van der Waals surface area contributed by atoms with Crippen LogP contribution in [0, 0.1) is 0 Å². The van der Waals surface area contributed by atoms with Crippen LogP contribution in [0.15, 0.2) is 30.3 Å². The summed E-state index contributed by atoms with van der Waals surface area (Å²) in [6.07, 6.45) is 1.96. The van der Waals surface area contributed by atoms with Gasteiger partial charge >= 0.3 is 0 Å². The number of hydrogen-bond donors (Lipinski definition) is 2. The van der Waals surface area contributed by atoms with Crippen LogP contribution < -0.4 is 5.73 Å². The Bertz CT molecular complexity index is 309. The number of likely N-dealkylation sites (tertiary alicyclic amines) is 1. The molecular weight excluding hydrogens is 200 g/mol. The first-order valence-electron chi connectivity index (χ1n) is 5.98. The summed E-state index contributed by atoms with van der Waals surface area (Å²) in [5.41, 5.74) is 6.95. The normalized spacial score (nSPS) is 20.9. The lowest BCUT2D eigenvalue weighted by Crippen LogP contribution is -2.40. The highest BCUT2D eigenvalue weighted by molar-refractivity contribution is 5.18. The fraction of sp³-hybridized carbons (Fsp3) is 0.538. The quantitative estimate of drug-likeness (QED) is 0.800. The predicted octanol–water partition coefficient (Wildman–Crippen LogP) is 1.14. The van der Waals surface area contributed by atoms with Crippen LogP contribution in [-0.4, -0.2) is 35.7 Å². The Labute approximate surface area is 96.9 Å². The second-order valence-corrected chi connectivity index (χ2v) is 4.53. The summed E-state index contributed by atoms with van der Waals surface area (Å²) < 4.78 is 0. The van der Waals surface area contributed by atoms with E-state index < -0.39 is 6.10 Å². The molecule has 88 valence electrons. The molecule has 0 amide bonds. The van der Waals surface area contributed by atoms with Gasteiger partial charge in [0.15, 0.2) is 0 Å². The van der Waals surface area contributed by atoms with Gasteiger partial charge in [0.1, 0.15) is 0 Å². The smallest absolute Gasteiger partial charge is 0.0953 e. The van der Waals surface area contributed by atoms with E-state index in [2.05, 4.69) is 4.90 Å². The van der Waals surface area contributed by atoms with Crippen molar-refractivity contribution in [1.29, 1.82) is 0 Å². The van der Waals surface area contributed by atoms with Gasteiger partial charge in [0.2, 0.25) is 0 Å². The third kappa shape index (κ3) is 2.82. The number of hydrogen-bond acceptors (Lipinski definition) is 3. The SMILES string of the molecule is N[C@@H](CN1CCCC1)[C@@H](O)c1ccccc1. The average molecular weight is 220 g/mol. The lowest BCUT2D eigenvalue weighted by Gasteiger charge is -2.24. The van der Waals surface area contributed by atoms with E-state index in [1.54, 1.807) is 0 Å². The van der Waals surface area contributed by atoms with Crippen molar-refractivity contribution in [1.82, 2.24) is 4.90 Å². The molecule has 1 aliphatic heterocycles. The number of aliphatic hydroxyl groups excluding tert-OH is 1. The van der Waals surface area contributed by atoms with Gasteiger partial charge in [-0.15, -0.1) is 0 Å². The third-order valence-corrected chi connectivity index (χ3v) is 3.21. The molecule has 2 atom stereocenters. The lowest BCUT2D eigenvalue weighted by atomic mass is 10.0. The maximum absolute atomic E-state index is 10.1. The van der Waals surface area contributed by atoms with Crippen LogP contribution in [0.25, 0.3) is 0 Å². The summed E-state index contributed by atoms with van der Waals surface area (Å²) >= 11 is 0. The summed E-state index contributed by atoms with van der Waals surface area (Å²) in [6.45, 7) is 3.03. The lowest BCUT2D eigenvalue weighted by molar-refractivity contribution is 0.125. The van der Waals surface area contributed by atoms with Crippen LogP contribution in [0.4, 0.5) is 0 Å². The van der Waals surface area contributed by atoms with Crippen LogP contribution in [0.2, 0.25) is 0 Å². The van der Waals surface area contributed by atoms with Crippen molar-refractivity contribution in [2.75, 3.05) is 19.6 Å².